The lowest BCUT2D eigenvalue weighted by molar-refractivity contribution is 0.713. The van der Waals surface area contributed by atoms with E-state index in [9.17, 15) is 0 Å². The first-order chi connectivity index (χ1) is 6.81. The van der Waals surface area contributed by atoms with Crippen LogP contribution in [0.3, 0.4) is 0 Å². The highest BCUT2D eigenvalue weighted by atomic mass is 15.3. The van der Waals surface area contributed by atoms with E-state index in [4.69, 9.17) is 5.73 Å². The highest BCUT2D eigenvalue weighted by Crippen LogP contribution is 2.15. The average molecular weight is 188 g/mol. The topological polar surface area (TPSA) is 56.7 Å². The summed E-state index contributed by atoms with van der Waals surface area (Å²) >= 11 is 0. The van der Waals surface area contributed by atoms with Crippen molar-refractivity contribution in [3.05, 3.63) is 36.2 Å². The standard InChI is InChI=1S/C10H12N4/c1-14-8(7-11)6-10(13-14)9-4-2-3-5-12-9/h2-6H,7,11H2,1H3. The van der Waals surface area contributed by atoms with Crippen LogP contribution in [0.4, 0.5) is 0 Å². The van der Waals surface area contributed by atoms with Crippen LogP contribution < -0.4 is 5.73 Å². The van der Waals surface area contributed by atoms with Crippen LogP contribution in [-0.2, 0) is 13.6 Å². The van der Waals surface area contributed by atoms with Crippen LogP contribution in [0.2, 0.25) is 0 Å². The summed E-state index contributed by atoms with van der Waals surface area (Å²) in [5.74, 6) is 0. The van der Waals surface area contributed by atoms with Crippen LogP contribution in [-0.4, -0.2) is 14.8 Å². The molecule has 2 aromatic rings. The fraction of sp³-hybridized carbons (Fsp3) is 0.200. The van der Waals surface area contributed by atoms with Crippen molar-refractivity contribution in [2.45, 2.75) is 6.54 Å². The zero-order valence-electron chi connectivity index (χ0n) is 8.01. The molecule has 4 nitrogen and oxygen atoms in total. The molecule has 0 unspecified atom stereocenters. The summed E-state index contributed by atoms with van der Waals surface area (Å²) in [6, 6.07) is 7.72. The predicted octanol–water partition coefficient (Wildman–Crippen LogP) is 0.941. The number of pyridine rings is 1. The van der Waals surface area contributed by atoms with Crippen LogP contribution in [0.15, 0.2) is 30.5 Å². The Morgan fingerprint density at radius 3 is 2.79 bits per heavy atom. The molecule has 2 N–H and O–H groups in total. The number of aryl methyl sites for hydroxylation is 1. The third-order valence-electron chi connectivity index (χ3n) is 2.11. The van der Waals surface area contributed by atoms with Gasteiger partial charge in [-0.15, -0.1) is 0 Å². The van der Waals surface area contributed by atoms with Gasteiger partial charge in [0.05, 0.1) is 11.4 Å². The Kier molecular flexibility index (Phi) is 2.28. The van der Waals surface area contributed by atoms with Crippen molar-refractivity contribution in [3.63, 3.8) is 0 Å². The zero-order chi connectivity index (χ0) is 9.97. The largest absolute Gasteiger partial charge is 0.325 e. The third-order valence-corrected chi connectivity index (χ3v) is 2.11. The summed E-state index contributed by atoms with van der Waals surface area (Å²) in [5, 5.41) is 4.33. The molecule has 2 rings (SSSR count). The molecule has 72 valence electrons. The second kappa shape index (κ2) is 3.59. The molecule has 0 amide bonds. The van der Waals surface area contributed by atoms with E-state index in [1.165, 1.54) is 0 Å². The molecule has 0 saturated carbocycles. The summed E-state index contributed by atoms with van der Waals surface area (Å²) < 4.78 is 1.78. The summed E-state index contributed by atoms with van der Waals surface area (Å²) in [6.45, 7) is 0.496. The zero-order valence-corrected chi connectivity index (χ0v) is 8.01. The van der Waals surface area contributed by atoms with E-state index in [-0.39, 0.29) is 0 Å². The molecule has 0 radical (unpaired) electrons. The van der Waals surface area contributed by atoms with E-state index in [0.29, 0.717) is 6.54 Å². The van der Waals surface area contributed by atoms with Crippen LogP contribution >= 0.6 is 0 Å². The van der Waals surface area contributed by atoms with Gasteiger partial charge in [0.1, 0.15) is 5.69 Å². The molecule has 0 bridgehead atoms. The van der Waals surface area contributed by atoms with Crippen molar-refractivity contribution in [2.75, 3.05) is 0 Å². The van der Waals surface area contributed by atoms with Crippen molar-refractivity contribution >= 4 is 0 Å². The summed E-state index contributed by atoms with van der Waals surface area (Å²) in [6.07, 6.45) is 1.76. The molecular formula is C10H12N4. The Labute approximate surface area is 82.4 Å². The van der Waals surface area contributed by atoms with Gasteiger partial charge in [0.25, 0.3) is 0 Å². The van der Waals surface area contributed by atoms with Gasteiger partial charge < -0.3 is 5.73 Å². The molecule has 0 atom stereocenters. The SMILES string of the molecule is Cn1nc(-c2ccccn2)cc1CN. The lowest BCUT2D eigenvalue weighted by Gasteiger charge is -1.93. The number of aromatic nitrogens is 3. The smallest absolute Gasteiger partial charge is 0.111 e. The van der Waals surface area contributed by atoms with Crippen molar-refractivity contribution in [1.29, 1.82) is 0 Å². The van der Waals surface area contributed by atoms with Crippen LogP contribution in [0.5, 0.6) is 0 Å². The monoisotopic (exact) mass is 188 g/mol. The molecule has 0 spiro atoms. The molecule has 14 heavy (non-hydrogen) atoms. The highest BCUT2D eigenvalue weighted by Gasteiger charge is 2.05. The van der Waals surface area contributed by atoms with E-state index in [1.807, 2.05) is 31.3 Å². The van der Waals surface area contributed by atoms with Gasteiger partial charge in [-0.2, -0.15) is 5.10 Å². The van der Waals surface area contributed by atoms with Crippen LogP contribution in [0, 0.1) is 0 Å². The van der Waals surface area contributed by atoms with Gasteiger partial charge in [0.15, 0.2) is 0 Å². The van der Waals surface area contributed by atoms with Crippen LogP contribution in [0.25, 0.3) is 11.4 Å². The van der Waals surface area contributed by atoms with E-state index in [2.05, 4.69) is 10.1 Å². The van der Waals surface area contributed by atoms with Crippen LogP contribution in [0.1, 0.15) is 5.69 Å². The maximum absolute atomic E-state index is 5.56. The second-order valence-electron chi connectivity index (χ2n) is 3.06. The number of rotatable bonds is 2. The fourth-order valence-corrected chi connectivity index (χ4v) is 1.34. The lowest BCUT2D eigenvalue weighted by atomic mass is 10.2. The summed E-state index contributed by atoms with van der Waals surface area (Å²) in [7, 11) is 1.88. The molecule has 2 heterocycles. The van der Waals surface area contributed by atoms with E-state index in [1.54, 1.807) is 10.9 Å². The molecule has 0 aliphatic heterocycles. The number of nitrogens with two attached hydrogens (primary N) is 1. The van der Waals surface area contributed by atoms with Gasteiger partial charge in [-0.25, -0.2) is 0 Å². The minimum atomic E-state index is 0.496. The Hall–Kier alpha value is -1.68. The fourth-order valence-electron chi connectivity index (χ4n) is 1.34. The van der Waals surface area contributed by atoms with Gasteiger partial charge in [-0.05, 0) is 18.2 Å². The van der Waals surface area contributed by atoms with E-state index < -0.39 is 0 Å². The normalized spacial score (nSPS) is 10.4. The second-order valence-corrected chi connectivity index (χ2v) is 3.06. The van der Waals surface area contributed by atoms with Gasteiger partial charge in [-0.3, -0.25) is 9.67 Å². The predicted molar refractivity (Wildman–Crippen MR) is 54.3 cm³/mol. The van der Waals surface area contributed by atoms with Crippen molar-refractivity contribution in [1.82, 2.24) is 14.8 Å². The molecular weight excluding hydrogens is 176 g/mol. The lowest BCUT2D eigenvalue weighted by Crippen LogP contribution is -2.03. The maximum atomic E-state index is 5.56. The van der Waals surface area contributed by atoms with E-state index in [0.717, 1.165) is 17.1 Å². The first kappa shape index (κ1) is 8.90. The Balaban J connectivity index is 2.43. The Morgan fingerprint density at radius 2 is 2.21 bits per heavy atom. The molecule has 0 aliphatic carbocycles. The summed E-state index contributed by atoms with van der Waals surface area (Å²) in [5.41, 5.74) is 8.31. The first-order valence-electron chi connectivity index (χ1n) is 4.45. The quantitative estimate of drug-likeness (QED) is 0.763. The number of nitrogens with zero attached hydrogens (tertiary/aromatic N) is 3. The van der Waals surface area contributed by atoms with Gasteiger partial charge in [-0.1, -0.05) is 6.07 Å². The number of hydrogen-bond acceptors (Lipinski definition) is 3. The minimum Gasteiger partial charge on any atom is -0.325 e. The average Bonchev–Trinajstić information content (AvgIpc) is 2.61. The molecule has 0 saturated heterocycles. The minimum absolute atomic E-state index is 0.496. The molecule has 0 aromatic carbocycles. The Bertz CT molecular complexity index is 419. The molecule has 0 aliphatic rings. The third kappa shape index (κ3) is 1.52. The Morgan fingerprint density at radius 1 is 1.36 bits per heavy atom. The first-order valence-corrected chi connectivity index (χ1v) is 4.45. The van der Waals surface area contributed by atoms with Gasteiger partial charge in [0, 0.05) is 19.8 Å². The molecule has 0 fully saturated rings. The van der Waals surface area contributed by atoms with Crippen molar-refractivity contribution < 1.29 is 0 Å². The molecule has 4 heteroatoms. The summed E-state index contributed by atoms with van der Waals surface area (Å²) in [4.78, 5) is 4.22. The van der Waals surface area contributed by atoms with Crippen molar-refractivity contribution in [3.8, 4) is 11.4 Å². The highest BCUT2D eigenvalue weighted by molar-refractivity contribution is 5.53. The van der Waals surface area contributed by atoms with Crippen molar-refractivity contribution in [2.24, 2.45) is 12.8 Å². The van der Waals surface area contributed by atoms with Gasteiger partial charge in [0.2, 0.25) is 0 Å². The molecule has 2 aromatic heterocycles. The van der Waals surface area contributed by atoms with E-state index >= 15 is 0 Å². The number of hydrogen-bond donors (Lipinski definition) is 1. The maximum Gasteiger partial charge on any atom is 0.111 e. The van der Waals surface area contributed by atoms with Gasteiger partial charge >= 0.3 is 0 Å².